The van der Waals surface area contributed by atoms with Crippen LogP contribution in [0.2, 0.25) is 0 Å². The lowest BCUT2D eigenvalue weighted by Gasteiger charge is -1.91. The second-order valence-electron chi connectivity index (χ2n) is 1.78. The summed E-state index contributed by atoms with van der Waals surface area (Å²) in [6.07, 6.45) is 0.663. The van der Waals surface area contributed by atoms with E-state index in [2.05, 4.69) is 15.9 Å². The van der Waals surface area contributed by atoms with E-state index in [1.165, 1.54) is 0 Å². The van der Waals surface area contributed by atoms with Gasteiger partial charge in [-0.2, -0.15) is 5.26 Å². The summed E-state index contributed by atoms with van der Waals surface area (Å²) >= 11 is 3.34. The Morgan fingerprint density at radius 1 is 1.75 bits per heavy atom. The molecule has 1 aliphatic heterocycles. The molecule has 1 heterocycles. The highest BCUT2D eigenvalue weighted by Gasteiger charge is 2.21. The average Bonchev–Trinajstić information content (AvgIpc) is 2.14. The molecule has 8 heavy (non-hydrogen) atoms. The Balaban J connectivity index is 2.35. The van der Waals surface area contributed by atoms with Crippen molar-refractivity contribution in [1.82, 2.24) is 0 Å². The molecule has 0 radical (unpaired) electrons. The van der Waals surface area contributed by atoms with Crippen LogP contribution in [0.15, 0.2) is 0 Å². The third kappa shape index (κ3) is 1.21. The highest BCUT2D eigenvalue weighted by Crippen LogP contribution is 2.18. The van der Waals surface area contributed by atoms with E-state index >= 15 is 0 Å². The Morgan fingerprint density at radius 2 is 2.50 bits per heavy atom. The second kappa shape index (κ2) is 2.47. The molecule has 2 unspecified atom stereocenters. The van der Waals surface area contributed by atoms with E-state index in [0.29, 0.717) is 11.4 Å². The number of nitrogens with zero attached hydrogens (tertiary/aromatic N) is 1. The molecule has 44 valence electrons. The molecule has 0 saturated carbocycles. The Bertz CT molecular complexity index is 120. The number of rotatable bonds is 0. The van der Waals surface area contributed by atoms with E-state index < -0.39 is 0 Å². The summed E-state index contributed by atoms with van der Waals surface area (Å²) in [6.45, 7) is 0.679. The number of alkyl halides is 1. The first kappa shape index (κ1) is 6.06. The summed E-state index contributed by atoms with van der Waals surface area (Å²) in [5, 5.41) is 8.29. The zero-order valence-corrected chi connectivity index (χ0v) is 5.89. The molecule has 1 fully saturated rings. The van der Waals surface area contributed by atoms with Crippen LogP contribution in [0.1, 0.15) is 6.42 Å². The van der Waals surface area contributed by atoms with E-state index in [1.54, 1.807) is 0 Å². The molecule has 1 aliphatic rings. The summed E-state index contributed by atoms with van der Waals surface area (Å²) in [7, 11) is 0. The first-order chi connectivity index (χ1) is 3.83. The maximum absolute atomic E-state index is 8.29. The van der Waals surface area contributed by atoms with Crippen LogP contribution >= 0.6 is 15.9 Å². The molecule has 3 heteroatoms. The second-order valence-corrected chi connectivity index (χ2v) is 3.08. The quantitative estimate of drug-likeness (QED) is 0.517. The minimum atomic E-state index is -0.167. The molecule has 0 N–H and O–H groups in total. The predicted octanol–water partition coefficient (Wildman–Crippen LogP) is 1.06. The fraction of sp³-hybridized carbons (Fsp3) is 0.800. The molecule has 0 aromatic carbocycles. The molecule has 0 aliphatic carbocycles. The minimum absolute atomic E-state index is 0.167. The molecule has 1 rings (SSSR count). The maximum atomic E-state index is 8.29. The number of hydrogen-bond acceptors (Lipinski definition) is 2. The SMILES string of the molecule is N#CC1CC(Br)CO1. The Labute approximate surface area is 56.6 Å². The summed E-state index contributed by atoms with van der Waals surface area (Å²) < 4.78 is 5.01. The van der Waals surface area contributed by atoms with E-state index in [9.17, 15) is 0 Å². The van der Waals surface area contributed by atoms with Gasteiger partial charge in [0.2, 0.25) is 0 Å². The smallest absolute Gasteiger partial charge is 0.145 e. The van der Waals surface area contributed by atoms with E-state index in [1.807, 2.05) is 6.07 Å². The third-order valence-corrected chi connectivity index (χ3v) is 1.73. The van der Waals surface area contributed by atoms with Crippen molar-refractivity contribution in [2.75, 3.05) is 6.61 Å². The zero-order valence-electron chi connectivity index (χ0n) is 4.30. The van der Waals surface area contributed by atoms with Crippen LogP contribution in [0.25, 0.3) is 0 Å². The Kier molecular flexibility index (Phi) is 1.87. The molecular formula is C5H6BrNO. The van der Waals surface area contributed by atoms with Gasteiger partial charge in [-0.1, -0.05) is 15.9 Å². The number of nitriles is 1. The highest BCUT2D eigenvalue weighted by molar-refractivity contribution is 9.09. The first-order valence-electron chi connectivity index (χ1n) is 2.48. The molecule has 2 atom stereocenters. The van der Waals surface area contributed by atoms with Gasteiger partial charge in [0, 0.05) is 11.2 Å². The van der Waals surface area contributed by atoms with Crippen LogP contribution in [-0.4, -0.2) is 17.5 Å². The Morgan fingerprint density at radius 3 is 2.75 bits per heavy atom. The van der Waals surface area contributed by atoms with Crippen LogP contribution in [0.5, 0.6) is 0 Å². The number of ether oxygens (including phenoxy) is 1. The lowest BCUT2D eigenvalue weighted by molar-refractivity contribution is 0.151. The van der Waals surface area contributed by atoms with Crippen LogP contribution in [0.3, 0.4) is 0 Å². The molecule has 1 saturated heterocycles. The molecule has 0 amide bonds. The third-order valence-electron chi connectivity index (χ3n) is 1.09. The maximum Gasteiger partial charge on any atom is 0.145 e. The fourth-order valence-corrected chi connectivity index (χ4v) is 1.17. The van der Waals surface area contributed by atoms with Crippen molar-refractivity contribution in [3.63, 3.8) is 0 Å². The average molecular weight is 176 g/mol. The van der Waals surface area contributed by atoms with Crippen molar-refractivity contribution in [3.05, 3.63) is 0 Å². The van der Waals surface area contributed by atoms with Crippen molar-refractivity contribution in [1.29, 1.82) is 5.26 Å². The topological polar surface area (TPSA) is 33.0 Å². The standard InChI is InChI=1S/C5H6BrNO/c6-4-1-5(2-7)8-3-4/h4-5H,1,3H2. The van der Waals surface area contributed by atoms with Crippen molar-refractivity contribution in [2.45, 2.75) is 17.4 Å². The largest absolute Gasteiger partial charge is 0.362 e. The van der Waals surface area contributed by atoms with Gasteiger partial charge in [-0.15, -0.1) is 0 Å². The summed E-state index contributed by atoms with van der Waals surface area (Å²) in [4.78, 5) is 0.396. The lowest BCUT2D eigenvalue weighted by atomic mass is 10.3. The number of halogens is 1. The molecule has 0 aromatic heterocycles. The van der Waals surface area contributed by atoms with E-state index in [-0.39, 0.29) is 6.10 Å². The van der Waals surface area contributed by atoms with Gasteiger partial charge in [0.05, 0.1) is 12.7 Å². The van der Waals surface area contributed by atoms with Crippen molar-refractivity contribution in [2.24, 2.45) is 0 Å². The molecule has 0 spiro atoms. The van der Waals surface area contributed by atoms with Gasteiger partial charge in [0.1, 0.15) is 6.10 Å². The minimum Gasteiger partial charge on any atom is -0.362 e. The van der Waals surface area contributed by atoms with Crippen molar-refractivity contribution in [3.8, 4) is 6.07 Å². The van der Waals surface area contributed by atoms with Gasteiger partial charge in [-0.25, -0.2) is 0 Å². The van der Waals surface area contributed by atoms with E-state index in [4.69, 9.17) is 10.00 Å². The monoisotopic (exact) mass is 175 g/mol. The fourth-order valence-electron chi connectivity index (χ4n) is 0.679. The molecule has 2 nitrogen and oxygen atoms in total. The van der Waals surface area contributed by atoms with Crippen molar-refractivity contribution < 1.29 is 4.74 Å². The van der Waals surface area contributed by atoms with Crippen LogP contribution in [0, 0.1) is 11.3 Å². The van der Waals surface area contributed by atoms with Crippen molar-refractivity contribution >= 4 is 15.9 Å². The van der Waals surface area contributed by atoms with Gasteiger partial charge < -0.3 is 4.74 Å². The van der Waals surface area contributed by atoms with Gasteiger partial charge >= 0.3 is 0 Å². The highest BCUT2D eigenvalue weighted by atomic mass is 79.9. The molecule has 0 bridgehead atoms. The first-order valence-corrected chi connectivity index (χ1v) is 3.40. The van der Waals surface area contributed by atoms with Gasteiger partial charge in [-0.3, -0.25) is 0 Å². The van der Waals surface area contributed by atoms with Gasteiger partial charge in [0.25, 0.3) is 0 Å². The normalized spacial score (nSPS) is 37.0. The van der Waals surface area contributed by atoms with E-state index in [0.717, 1.165) is 6.42 Å². The van der Waals surface area contributed by atoms with Crippen LogP contribution in [0.4, 0.5) is 0 Å². The number of hydrogen-bond donors (Lipinski definition) is 0. The zero-order chi connectivity index (χ0) is 5.98. The lowest BCUT2D eigenvalue weighted by Crippen LogP contribution is -1.98. The molecular weight excluding hydrogens is 170 g/mol. The summed E-state index contributed by atoms with van der Waals surface area (Å²) in [6, 6.07) is 2.04. The summed E-state index contributed by atoms with van der Waals surface area (Å²) in [5.74, 6) is 0. The summed E-state index contributed by atoms with van der Waals surface area (Å²) in [5.41, 5.74) is 0. The van der Waals surface area contributed by atoms with Gasteiger partial charge in [0.15, 0.2) is 0 Å². The molecule has 0 aromatic rings. The Hall–Kier alpha value is -0.0700. The van der Waals surface area contributed by atoms with Crippen LogP contribution in [-0.2, 0) is 4.74 Å². The van der Waals surface area contributed by atoms with Crippen LogP contribution < -0.4 is 0 Å². The predicted molar refractivity (Wildman–Crippen MR) is 32.7 cm³/mol. The van der Waals surface area contributed by atoms with Gasteiger partial charge in [-0.05, 0) is 0 Å².